The van der Waals surface area contributed by atoms with Crippen LogP contribution in [0.4, 0.5) is 0 Å². The summed E-state index contributed by atoms with van der Waals surface area (Å²) in [7, 11) is 0. The van der Waals surface area contributed by atoms with E-state index < -0.39 is 203 Å². The highest BCUT2D eigenvalue weighted by Gasteiger charge is 2.72. The Balaban J connectivity index is 0.953. The van der Waals surface area contributed by atoms with Crippen LogP contribution in [0.25, 0.3) is 0 Å². The summed E-state index contributed by atoms with van der Waals surface area (Å²) < 4.78 is 61.1. The highest BCUT2D eigenvalue weighted by molar-refractivity contribution is 5.20. The Kier molecular flexibility index (Phi) is 20.6. The van der Waals surface area contributed by atoms with Gasteiger partial charge in [0.1, 0.15) is 110 Å². The fourth-order valence-electron chi connectivity index (χ4n) is 17.3. The molecule has 0 amide bonds. The summed E-state index contributed by atoms with van der Waals surface area (Å²) in [6.07, 6.45) is -30.9. The van der Waals surface area contributed by atoms with Gasteiger partial charge < -0.3 is 129 Å². The van der Waals surface area contributed by atoms with Crippen molar-refractivity contribution in [3.63, 3.8) is 0 Å². The molecule has 0 aromatic heterocycles. The van der Waals surface area contributed by atoms with E-state index in [0.717, 1.165) is 18.4 Å². The van der Waals surface area contributed by atoms with E-state index in [-0.39, 0.29) is 34.5 Å². The van der Waals surface area contributed by atoms with Crippen LogP contribution in [-0.4, -0.2) is 274 Å². The molecule has 0 aromatic carbocycles. The molecule has 16 N–H and O–H groups in total. The number of hydrogen-bond donors (Lipinski definition) is 16. The molecule has 0 bridgehead atoms. The maximum absolute atomic E-state index is 13.0. The molecule has 5 saturated heterocycles. The molecule has 5 aliphatic heterocycles. The van der Waals surface area contributed by atoms with Gasteiger partial charge in [-0.25, -0.2) is 0 Å². The minimum absolute atomic E-state index is 0.0813. The number of allylic oxidation sites excluding steroid dienone is 2. The fraction of sp³-hybridized carbons (Fsp3) is 0.966. The van der Waals surface area contributed by atoms with E-state index in [1.807, 2.05) is 20.8 Å². The topological polar surface area (TPSA) is 416 Å². The van der Waals surface area contributed by atoms with Crippen LogP contribution < -0.4 is 0 Å². The lowest BCUT2D eigenvalue weighted by molar-refractivity contribution is -0.384. The van der Waals surface area contributed by atoms with Gasteiger partial charge in [-0.05, 0) is 124 Å². The maximum atomic E-state index is 13.0. The molecule has 84 heavy (non-hydrogen) atoms. The quantitative estimate of drug-likeness (QED) is 0.0507. The van der Waals surface area contributed by atoms with Gasteiger partial charge in [0.25, 0.3) is 0 Å². The Hall–Kier alpha value is -1.30. The average molecular weight is 1210 g/mol. The van der Waals surface area contributed by atoms with Gasteiger partial charge in [-0.1, -0.05) is 46.3 Å². The van der Waals surface area contributed by atoms with Gasteiger partial charge in [0.15, 0.2) is 31.5 Å². The number of aliphatic hydroxyl groups excluding tert-OH is 16. The first-order valence-electron chi connectivity index (χ1n) is 30.2. The lowest BCUT2D eigenvalue weighted by Crippen LogP contribution is -2.67. The van der Waals surface area contributed by atoms with Crippen LogP contribution in [0.5, 0.6) is 0 Å². The average Bonchev–Trinajstić information content (AvgIpc) is 1.22. The molecule has 33 unspecified atom stereocenters. The zero-order chi connectivity index (χ0) is 61.5. The first kappa shape index (κ1) is 67.1. The molecule has 9 rings (SSSR count). The summed E-state index contributed by atoms with van der Waals surface area (Å²) in [4.78, 5) is 0. The Bertz CT molecular complexity index is 2210. The largest absolute Gasteiger partial charge is 0.394 e. The second-order valence-electron chi connectivity index (χ2n) is 27.8. The van der Waals surface area contributed by atoms with Crippen LogP contribution in [0, 0.1) is 45.3 Å². The van der Waals surface area contributed by atoms with Crippen molar-refractivity contribution in [2.45, 2.75) is 272 Å². The molecule has 4 aliphatic carbocycles. The summed E-state index contributed by atoms with van der Waals surface area (Å²) in [5.74, 6) is -0.596. The lowest BCUT2D eigenvalue weighted by atomic mass is 9.35. The fourth-order valence-corrected chi connectivity index (χ4v) is 17.3. The summed E-state index contributed by atoms with van der Waals surface area (Å²) in [6, 6.07) is 0. The van der Waals surface area contributed by atoms with Crippen molar-refractivity contribution < 1.29 is 129 Å². The van der Waals surface area contributed by atoms with Gasteiger partial charge in [0.05, 0.1) is 50.8 Å². The van der Waals surface area contributed by atoms with Crippen LogP contribution in [0.1, 0.15) is 113 Å². The zero-order valence-electron chi connectivity index (χ0n) is 49.5. The maximum Gasteiger partial charge on any atom is 0.187 e. The first-order valence-corrected chi connectivity index (χ1v) is 30.2. The monoisotopic (exact) mass is 1210 g/mol. The van der Waals surface area contributed by atoms with Gasteiger partial charge in [-0.15, -0.1) is 0 Å². The van der Waals surface area contributed by atoms with Gasteiger partial charge in [0, 0.05) is 0 Å². The molecule has 486 valence electrons. The predicted molar refractivity (Wildman–Crippen MR) is 287 cm³/mol. The van der Waals surface area contributed by atoms with Gasteiger partial charge in [-0.3, -0.25) is 0 Å². The van der Waals surface area contributed by atoms with E-state index in [2.05, 4.69) is 40.7 Å². The van der Waals surface area contributed by atoms with Crippen molar-refractivity contribution >= 4 is 0 Å². The standard InChI is InChI=1S/C58H98O26/c1-24(2)10-9-13-58(8,84-51-46(74)42(70)40(68)32(81-51)23-77-49-45(73)41(69)38(66)30(19-59)79-49)26-11-14-57(7)35(26)27(61)16-34-55(5)18-25(17-54(3,4)33(55)12-15-56(34,57)6)78-53-48(43(71)39(67)31(20-60)80-53)83-52-47(37(65)29(63)22-76-52)82-50-44(72)36(64)28(62)21-75-50/h10,25-53,59-74H,9,11-23H2,1-8H3. The van der Waals surface area contributed by atoms with Crippen molar-refractivity contribution in [1.82, 2.24) is 0 Å². The Morgan fingerprint density at radius 2 is 1.07 bits per heavy atom. The Labute approximate surface area is 490 Å². The van der Waals surface area contributed by atoms with E-state index in [1.54, 1.807) is 0 Å². The normalized spacial score (nSPS) is 53.0. The molecule has 33 atom stereocenters. The van der Waals surface area contributed by atoms with E-state index in [9.17, 15) is 81.7 Å². The summed E-state index contributed by atoms with van der Waals surface area (Å²) in [5.41, 5.74) is -1.81. The number of hydrogen-bond acceptors (Lipinski definition) is 26. The molecule has 4 saturated carbocycles. The first-order chi connectivity index (χ1) is 39.4. The van der Waals surface area contributed by atoms with E-state index >= 15 is 0 Å². The number of aliphatic hydroxyl groups is 16. The summed E-state index contributed by atoms with van der Waals surface area (Å²) in [5, 5.41) is 175. The molecule has 0 radical (unpaired) electrons. The second-order valence-corrected chi connectivity index (χ2v) is 27.8. The van der Waals surface area contributed by atoms with Crippen LogP contribution in [-0.2, 0) is 47.4 Å². The lowest BCUT2D eigenvalue weighted by Gasteiger charge is -2.70. The smallest absolute Gasteiger partial charge is 0.187 e. The molecule has 0 spiro atoms. The van der Waals surface area contributed by atoms with E-state index in [4.69, 9.17) is 47.4 Å². The van der Waals surface area contributed by atoms with Gasteiger partial charge in [0.2, 0.25) is 0 Å². The third-order valence-corrected chi connectivity index (χ3v) is 21.9. The van der Waals surface area contributed by atoms with Crippen molar-refractivity contribution in [2.24, 2.45) is 45.3 Å². The van der Waals surface area contributed by atoms with E-state index in [1.165, 1.54) is 0 Å². The highest BCUT2D eigenvalue weighted by atomic mass is 16.8. The number of ether oxygens (including phenoxy) is 10. The Morgan fingerprint density at radius 3 is 1.71 bits per heavy atom. The van der Waals surface area contributed by atoms with Crippen LogP contribution in [0.15, 0.2) is 11.6 Å². The van der Waals surface area contributed by atoms with Gasteiger partial charge in [-0.2, -0.15) is 0 Å². The second kappa shape index (κ2) is 25.8. The molecule has 26 nitrogen and oxygen atoms in total. The highest BCUT2D eigenvalue weighted by Crippen LogP contribution is 2.76. The number of rotatable bonds is 17. The van der Waals surface area contributed by atoms with Crippen LogP contribution >= 0.6 is 0 Å². The van der Waals surface area contributed by atoms with Gasteiger partial charge >= 0.3 is 0 Å². The third kappa shape index (κ3) is 12.2. The summed E-state index contributed by atoms with van der Waals surface area (Å²) in [6.45, 7) is 14.3. The minimum Gasteiger partial charge on any atom is -0.394 e. The SMILES string of the molecule is CC(C)=CCCC(C)(OC1OC(COC2OC(CO)C(O)C(O)C2O)C(O)C(O)C1O)C1CCC2(C)C1C(O)CC1C3(C)CC(OC4OC(CO)C(O)C(O)C4OC4OCC(O)C(O)C4OC4OCC(O)C(O)C4O)CC(C)(C)C3CCC12C. The van der Waals surface area contributed by atoms with Crippen LogP contribution in [0.2, 0.25) is 0 Å². The van der Waals surface area contributed by atoms with Crippen molar-refractivity contribution in [3.05, 3.63) is 11.6 Å². The summed E-state index contributed by atoms with van der Waals surface area (Å²) >= 11 is 0. The number of fused-ring (bicyclic) bond motifs is 5. The van der Waals surface area contributed by atoms with Crippen molar-refractivity contribution in [3.8, 4) is 0 Å². The molecule has 26 heteroatoms. The molecular formula is C58H98O26. The minimum atomic E-state index is -1.79. The Morgan fingerprint density at radius 1 is 0.536 bits per heavy atom. The third-order valence-electron chi connectivity index (χ3n) is 21.9. The van der Waals surface area contributed by atoms with Crippen LogP contribution in [0.3, 0.4) is 0 Å². The van der Waals surface area contributed by atoms with Crippen molar-refractivity contribution in [1.29, 1.82) is 0 Å². The van der Waals surface area contributed by atoms with Crippen molar-refractivity contribution in [2.75, 3.05) is 33.0 Å². The zero-order valence-corrected chi connectivity index (χ0v) is 49.5. The molecule has 0 aromatic rings. The van der Waals surface area contributed by atoms with E-state index in [0.29, 0.717) is 44.9 Å². The molecule has 9 fully saturated rings. The predicted octanol–water partition coefficient (Wildman–Crippen LogP) is -3.10. The molecule has 9 aliphatic rings. The molecule has 5 heterocycles. The molecular weight excluding hydrogens is 1110 g/mol.